The van der Waals surface area contributed by atoms with Crippen molar-refractivity contribution in [1.29, 1.82) is 0 Å². The minimum atomic E-state index is 0.869. The van der Waals surface area contributed by atoms with Gasteiger partial charge in [0.2, 0.25) is 0 Å². The van der Waals surface area contributed by atoms with Gasteiger partial charge in [0.05, 0.1) is 22.4 Å². The van der Waals surface area contributed by atoms with Gasteiger partial charge in [0, 0.05) is 18.9 Å². The molecule has 0 N–H and O–H groups in total. The molecule has 0 unspecified atom stereocenters. The van der Waals surface area contributed by atoms with Crippen LogP contribution in [0.3, 0.4) is 0 Å². The van der Waals surface area contributed by atoms with Crippen LogP contribution in [-0.4, -0.2) is 14.3 Å². The van der Waals surface area contributed by atoms with Crippen molar-refractivity contribution in [3.8, 4) is 0 Å². The van der Waals surface area contributed by atoms with Gasteiger partial charge in [-0.3, -0.25) is 4.68 Å². The van der Waals surface area contributed by atoms with Crippen LogP contribution < -0.4 is 0 Å². The van der Waals surface area contributed by atoms with E-state index in [9.17, 15) is 0 Å². The fourth-order valence-corrected chi connectivity index (χ4v) is 2.51. The van der Waals surface area contributed by atoms with Crippen molar-refractivity contribution in [3.63, 3.8) is 0 Å². The van der Waals surface area contributed by atoms with Crippen LogP contribution in [0.1, 0.15) is 25.2 Å². The topological polar surface area (TPSA) is 22.8 Å². The maximum absolute atomic E-state index is 4.58. The highest BCUT2D eigenvalue weighted by Crippen LogP contribution is 2.23. The van der Waals surface area contributed by atoms with E-state index in [0.717, 1.165) is 29.7 Å². The lowest BCUT2D eigenvalue weighted by Gasteiger charge is -2.06. The summed E-state index contributed by atoms with van der Waals surface area (Å²) in [6.45, 7) is 6.04. The van der Waals surface area contributed by atoms with Gasteiger partial charge in [0.25, 0.3) is 0 Å². The number of aromatic nitrogens is 3. The average molecular weight is 282 g/mol. The van der Waals surface area contributed by atoms with Crippen molar-refractivity contribution < 1.29 is 0 Å². The Labute approximate surface area is 104 Å². The number of hydrogen-bond donors (Lipinski definition) is 0. The molecule has 16 heavy (non-hydrogen) atoms. The lowest BCUT2D eigenvalue weighted by Crippen LogP contribution is -2.07. The van der Waals surface area contributed by atoms with Gasteiger partial charge < -0.3 is 4.57 Å². The van der Waals surface area contributed by atoms with Gasteiger partial charge in [-0.25, -0.2) is 0 Å². The van der Waals surface area contributed by atoms with Gasteiger partial charge in [0.1, 0.15) is 0 Å². The lowest BCUT2D eigenvalue weighted by atomic mass is 10.3. The smallest absolute Gasteiger partial charge is 0.0767 e. The third kappa shape index (κ3) is 2.07. The van der Waals surface area contributed by atoms with Gasteiger partial charge in [0.15, 0.2) is 0 Å². The summed E-state index contributed by atoms with van der Waals surface area (Å²) in [4.78, 5) is 0. The highest BCUT2D eigenvalue weighted by molar-refractivity contribution is 9.10. The third-order valence-electron chi connectivity index (χ3n) is 2.69. The maximum atomic E-state index is 4.58. The summed E-state index contributed by atoms with van der Waals surface area (Å²) in [5.41, 5.74) is 2.39. The Kier molecular flexibility index (Phi) is 3.49. The second-order valence-corrected chi connectivity index (χ2v) is 4.53. The largest absolute Gasteiger partial charge is 0.348 e. The van der Waals surface area contributed by atoms with E-state index in [0.29, 0.717) is 0 Å². The molecule has 0 fully saturated rings. The van der Waals surface area contributed by atoms with Crippen LogP contribution >= 0.6 is 15.9 Å². The summed E-state index contributed by atoms with van der Waals surface area (Å²) in [5.74, 6) is 0. The number of aryl methyl sites for hydroxylation is 2. The Balaban J connectivity index is 2.35. The molecule has 0 spiro atoms. The van der Waals surface area contributed by atoms with Crippen LogP contribution in [-0.2, 0) is 19.5 Å². The molecule has 0 aliphatic carbocycles. The molecule has 0 saturated heterocycles. The van der Waals surface area contributed by atoms with Crippen LogP contribution in [0.5, 0.6) is 0 Å². The molecule has 0 aliphatic heterocycles. The van der Waals surface area contributed by atoms with Crippen molar-refractivity contribution >= 4 is 15.9 Å². The molecule has 2 heterocycles. The lowest BCUT2D eigenvalue weighted by molar-refractivity contribution is 0.595. The molecular weight excluding hydrogens is 266 g/mol. The van der Waals surface area contributed by atoms with Crippen LogP contribution in [0.15, 0.2) is 29.0 Å². The predicted molar refractivity (Wildman–Crippen MR) is 68.5 cm³/mol. The van der Waals surface area contributed by atoms with Gasteiger partial charge >= 0.3 is 0 Å². The first kappa shape index (κ1) is 11.5. The van der Waals surface area contributed by atoms with Crippen molar-refractivity contribution in [2.45, 2.75) is 33.4 Å². The molecular formula is C12H16BrN3. The Bertz CT molecular complexity index is 457. The summed E-state index contributed by atoms with van der Waals surface area (Å²) in [7, 11) is 0. The van der Waals surface area contributed by atoms with Crippen molar-refractivity contribution in [3.05, 3.63) is 40.4 Å². The molecule has 2 rings (SSSR count). The minimum absolute atomic E-state index is 0.869. The van der Waals surface area contributed by atoms with Gasteiger partial charge in [-0.1, -0.05) is 6.92 Å². The Hall–Kier alpha value is -1.03. The zero-order valence-electron chi connectivity index (χ0n) is 9.65. The number of halogens is 1. The monoisotopic (exact) mass is 281 g/mol. The first-order chi connectivity index (χ1) is 7.76. The Morgan fingerprint density at radius 3 is 2.50 bits per heavy atom. The van der Waals surface area contributed by atoms with Crippen molar-refractivity contribution in [1.82, 2.24) is 14.3 Å². The average Bonchev–Trinajstić information content (AvgIpc) is 2.89. The van der Waals surface area contributed by atoms with Gasteiger partial charge in [-0.05, 0) is 41.4 Å². The number of hydrogen-bond acceptors (Lipinski definition) is 1. The summed E-state index contributed by atoms with van der Waals surface area (Å²) in [6, 6.07) is 4.09. The zero-order chi connectivity index (χ0) is 11.5. The number of nitrogens with zero attached hydrogens (tertiary/aromatic N) is 3. The quantitative estimate of drug-likeness (QED) is 0.845. The van der Waals surface area contributed by atoms with E-state index in [2.05, 4.69) is 56.5 Å². The van der Waals surface area contributed by atoms with Crippen LogP contribution in [0.25, 0.3) is 0 Å². The van der Waals surface area contributed by atoms with E-state index < -0.39 is 0 Å². The number of rotatable bonds is 4. The highest BCUT2D eigenvalue weighted by atomic mass is 79.9. The maximum Gasteiger partial charge on any atom is 0.0767 e. The van der Waals surface area contributed by atoms with E-state index in [1.165, 1.54) is 5.69 Å². The van der Waals surface area contributed by atoms with Crippen molar-refractivity contribution in [2.75, 3.05) is 0 Å². The Morgan fingerprint density at radius 2 is 1.94 bits per heavy atom. The summed E-state index contributed by atoms with van der Waals surface area (Å²) in [6.07, 6.45) is 5.11. The van der Waals surface area contributed by atoms with Crippen LogP contribution in [0, 0.1) is 0 Å². The third-order valence-corrected chi connectivity index (χ3v) is 3.61. The van der Waals surface area contributed by atoms with E-state index >= 15 is 0 Å². The molecule has 0 aliphatic rings. The molecule has 0 atom stereocenters. The first-order valence-corrected chi connectivity index (χ1v) is 6.40. The molecule has 0 saturated carbocycles. The second-order valence-electron chi connectivity index (χ2n) is 3.73. The van der Waals surface area contributed by atoms with E-state index in [4.69, 9.17) is 0 Å². The molecule has 2 aromatic rings. The molecule has 0 radical (unpaired) electrons. The molecule has 0 aromatic carbocycles. The standard InChI is InChI=1S/C12H16BrN3/c1-3-10-12(13)11(16(4-2)14-10)9-15-7-5-6-8-15/h5-8H,3-4,9H2,1-2H3. The summed E-state index contributed by atoms with van der Waals surface area (Å²) < 4.78 is 5.39. The minimum Gasteiger partial charge on any atom is -0.348 e. The van der Waals surface area contributed by atoms with Crippen LogP contribution in [0.4, 0.5) is 0 Å². The van der Waals surface area contributed by atoms with Crippen LogP contribution in [0.2, 0.25) is 0 Å². The molecule has 2 aromatic heterocycles. The molecule has 86 valence electrons. The van der Waals surface area contributed by atoms with E-state index in [1.54, 1.807) is 0 Å². The molecule has 0 bridgehead atoms. The highest BCUT2D eigenvalue weighted by Gasteiger charge is 2.13. The normalized spacial score (nSPS) is 10.9. The molecule has 4 heteroatoms. The predicted octanol–water partition coefficient (Wildman–Crippen LogP) is 3.08. The fourth-order valence-electron chi connectivity index (χ4n) is 1.82. The fraction of sp³-hybridized carbons (Fsp3) is 0.417. The van der Waals surface area contributed by atoms with Crippen molar-refractivity contribution in [2.24, 2.45) is 0 Å². The zero-order valence-corrected chi connectivity index (χ0v) is 11.2. The molecule has 3 nitrogen and oxygen atoms in total. The Morgan fingerprint density at radius 1 is 1.25 bits per heavy atom. The van der Waals surface area contributed by atoms with Gasteiger partial charge in [-0.2, -0.15) is 5.10 Å². The second kappa shape index (κ2) is 4.87. The summed E-state index contributed by atoms with van der Waals surface area (Å²) >= 11 is 3.65. The SMILES string of the molecule is CCc1nn(CC)c(Cn2cccc2)c1Br. The van der Waals surface area contributed by atoms with E-state index in [-0.39, 0.29) is 0 Å². The van der Waals surface area contributed by atoms with Gasteiger partial charge in [-0.15, -0.1) is 0 Å². The summed E-state index contributed by atoms with van der Waals surface area (Å²) in [5, 5.41) is 4.58. The molecule has 0 amide bonds. The first-order valence-electron chi connectivity index (χ1n) is 5.61. The van der Waals surface area contributed by atoms with E-state index in [1.807, 2.05) is 12.1 Å².